The second-order valence-electron chi connectivity index (χ2n) is 1.01. The van der Waals surface area contributed by atoms with Gasteiger partial charge in [0.05, 0.1) is 0 Å². The second kappa shape index (κ2) is 1.22. The van der Waals surface area contributed by atoms with Crippen molar-refractivity contribution in [2.45, 2.75) is 0 Å². The fraction of sp³-hybridized carbons (Fsp3) is 0. The summed E-state index contributed by atoms with van der Waals surface area (Å²) in [6.45, 7) is 0. The van der Waals surface area contributed by atoms with Crippen LogP contribution in [0.1, 0.15) is 0 Å². The average molecular weight is 103 g/mol. The Morgan fingerprint density at radius 3 is 2.71 bits per heavy atom. The summed E-state index contributed by atoms with van der Waals surface area (Å²) in [7, 11) is 0. The van der Waals surface area contributed by atoms with Gasteiger partial charge in [-0.1, -0.05) is 0 Å². The Hall–Kier alpha value is -1.06. The molecule has 0 aliphatic heterocycles. The molecule has 0 aliphatic carbocycles. The summed E-state index contributed by atoms with van der Waals surface area (Å²) < 4.78 is 15.7. The first-order valence-corrected chi connectivity index (χ1v) is 1.62. The molecule has 0 bridgehead atoms. The maximum absolute atomic E-state index is 11.6. The molecule has 0 saturated heterocycles. The van der Waals surface area contributed by atoms with Gasteiger partial charge in [-0.15, -0.1) is 0 Å². The molecule has 0 saturated carbocycles. The first kappa shape index (κ1) is 4.11. The lowest BCUT2D eigenvalue weighted by atomic mass is 10.7. The lowest BCUT2D eigenvalue weighted by Gasteiger charge is -1.56. The van der Waals surface area contributed by atoms with E-state index in [4.69, 9.17) is 0 Å². The summed E-state index contributed by atoms with van der Waals surface area (Å²) in [6, 6.07) is 0. The van der Waals surface area contributed by atoms with E-state index in [2.05, 4.69) is 4.52 Å². The molecule has 38 valence electrons. The topological polar surface area (TPSA) is 46.0 Å². The van der Waals surface area contributed by atoms with Crippen molar-refractivity contribution in [3.63, 3.8) is 0 Å². The standard InChI is InChI=1S/C3H2FNO2/c4-2-1-7-5-3(2)6/h1H,(H,5,6). The van der Waals surface area contributed by atoms with Gasteiger partial charge in [0.25, 0.3) is 0 Å². The van der Waals surface area contributed by atoms with Gasteiger partial charge in [0.1, 0.15) is 0 Å². The molecule has 1 aromatic rings. The fourth-order valence-electron chi connectivity index (χ4n) is 0.237. The minimum Gasteiger partial charge on any atom is -0.384 e. The molecule has 0 unspecified atom stereocenters. The van der Waals surface area contributed by atoms with Crippen molar-refractivity contribution < 1.29 is 8.91 Å². The molecule has 0 atom stereocenters. The monoisotopic (exact) mass is 103 g/mol. The molecule has 0 aliphatic rings. The number of rotatable bonds is 0. The molecule has 0 aromatic carbocycles. The molecule has 0 spiro atoms. The van der Waals surface area contributed by atoms with Crippen LogP contribution in [0.3, 0.4) is 0 Å². The van der Waals surface area contributed by atoms with Gasteiger partial charge < -0.3 is 4.52 Å². The minimum absolute atomic E-state index is 0.711. The van der Waals surface area contributed by atoms with Crippen LogP contribution in [-0.4, -0.2) is 5.16 Å². The van der Waals surface area contributed by atoms with E-state index in [0.29, 0.717) is 6.26 Å². The molecule has 1 heterocycles. The smallest absolute Gasteiger partial charge is 0.315 e. The summed E-state index contributed by atoms with van der Waals surface area (Å²) in [5, 5.41) is 1.76. The van der Waals surface area contributed by atoms with Gasteiger partial charge in [0.2, 0.25) is 5.82 Å². The van der Waals surface area contributed by atoms with E-state index in [1.165, 1.54) is 0 Å². The highest BCUT2D eigenvalue weighted by molar-refractivity contribution is 4.78. The van der Waals surface area contributed by atoms with E-state index in [1.54, 1.807) is 5.16 Å². The molecular weight excluding hydrogens is 101 g/mol. The largest absolute Gasteiger partial charge is 0.384 e. The molecule has 3 nitrogen and oxygen atoms in total. The van der Waals surface area contributed by atoms with Crippen LogP contribution >= 0.6 is 0 Å². The van der Waals surface area contributed by atoms with Crippen LogP contribution in [-0.2, 0) is 0 Å². The van der Waals surface area contributed by atoms with E-state index < -0.39 is 11.4 Å². The number of nitrogens with one attached hydrogen (secondary N) is 1. The first-order chi connectivity index (χ1) is 3.30. The zero-order chi connectivity index (χ0) is 5.28. The Balaban J connectivity index is 3.39. The summed E-state index contributed by atoms with van der Waals surface area (Å²) in [4.78, 5) is 9.89. The summed E-state index contributed by atoms with van der Waals surface area (Å²) in [6.07, 6.45) is 0.711. The van der Waals surface area contributed by atoms with E-state index >= 15 is 0 Å². The van der Waals surface area contributed by atoms with Crippen molar-refractivity contribution in [2.75, 3.05) is 0 Å². The average Bonchev–Trinajstić information content (AvgIpc) is 1.91. The predicted octanol–water partition coefficient (Wildman–Crippen LogP) is 0.107. The number of H-pyrrole nitrogens is 1. The quantitative estimate of drug-likeness (QED) is 0.506. The van der Waals surface area contributed by atoms with Crippen molar-refractivity contribution in [2.24, 2.45) is 0 Å². The van der Waals surface area contributed by atoms with Gasteiger partial charge in [0, 0.05) is 0 Å². The maximum atomic E-state index is 11.6. The SMILES string of the molecule is O=c1[nH]occ1F. The first-order valence-electron chi connectivity index (χ1n) is 1.62. The Morgan fingerprint density at radius 2 is 2.57 bits per heavy atom. The second-order valence-corrected chi connectivity index (χ2v) is 1.01. The number of hydrogen-bond acceptors (Lipinski definition) is 2. The lowest BCUT2D eigenvalue weighted by Crippen LogP contribution is -2.00. The van der Waals surface area contributed by atoms with Crippen molar-refractivity contribution >= 4 is 0 Å². The van der Waals surface area contributed by atoms with Crippen LogP contribution in [0.25, 0.3) is 0 Å². The van der Waals surface area contributed by atoms with Crippen LogP contribution in [0.15, 0.2) is 15.6 Å². The van der Waals surface area contributed by atoms with Crippen molar-refractivity contribution in [1.82, 2.24) is 5.16 Å². The van der Waals surface area contributed by atoms with E-state index in [9.17, 15) is 9.18 Å². The van der Waals surface area contributed by atoms with Crippen LogP contribution in [0, 0.1) is 5.82 Å². The molecular formula is C3H2FNO2. The van der Waals surface area contributed by atoms with Crippen molar-refractivity contribution in [3.8, 4) is 0 Å². The minimum atomic E-state index is -0.889. The van der Waals surface area contributed by atoms with Crippen molar-refractivity contribution in [1.29, 1.82) is 0 Å². The lowest BCUT2D eigenvalue weighted by molar-refractivity contribution is 0.410. The normalized spacial score (nSPS) is 9.29. The van der Waals surface area contributed by atoms with Crippen LogP contribution in [0.4, 0.5) is 4.39 Å². The summed E-state index contributed by atoms with van der Waals surface area (Å²) >= 11 is 0. The number of hydrogen-bond donors (Lipinski definition) is 1. The Kier molecular flexibility index (Phi) is 0.714. The van der Waals surface area contributed by atoms with Crippen LogP contribution in [0.2, 0.25) is 0 Å². The van der Waals surface area contributed by atoms with Gasteiger partial charge in [-0.3, -0.25) is 4.79 Å². The van der Waals surface area contributed by atoms with Gasteiger partial charge in [0.15, 0.2) is 6.26 Å². The van der Waals surface area contributed by atoms with Gasteiger partial charge in [-0.25, -0.2) is 0 Å². The Labute approximate surface area is 37.7 Å². The molecule has 1 rings (SSSR count). The third-order valence-corrected chi connectivity index (χ3v) is 0.531. The summed E-state index contributed by atoms with van der Waals surface area (Å²) in [5.41, 5.74) is -0.819. The van der Waals surface area contributed by atoms with E-state index in [0.717, 1.165) is 0 Å². The zero-order valence-corrected chi connectivity index (χ0v) is 3.27. The van der Waals surface area contributed by atoms with Crippen LogP contribution < -0.4 is 5.56 Å². The highest BCUT2D eigenvalue weighted by Gasteiger charge is 1.94. The molecule has 7 heavy (non-hydrogen) atoms. The Morgan fingerprint density at radius 1 is 1.86 bits per heavy atom. The molecule has 1 N–H and O–H groups in total. The third kappa shape index (κ3) is 0.534. The summed E-state index contributed by atoms with van der Waals surface area (Å²) in [5.74, 6) is -0.889. The van der Waals surface area contributed by atoms with E-state index in [1.807, 2.05) is 0 Å². The zero-order valence-electron chi connectivity index (χ0n) is 3.27. The molecule has 4 heteroatoms. The highest BCUT2D eigenvalue weighted by Crippen LogP contribution is 1.80. The molecule has 0 amide bonds. The number of aromatic nitrogens is 1. The van der Waals surface area contributed by atoms with Gasteiger partial charge >= 0.3 is 5.56 Å². The Bertz CT molecular complexity index is 201. The predicted molar refractivity (Wildman–Crippen MR) is 19.3 cm³/mol. The fourth-order valence-corrected chi connectivity index (χ4v) is 0.237. The highest BCUT2D eigenvalue weighted by atomic mass is 19.1. The van der Waals surface area contributed by atoms with Gasteiger partial charge in [-0.05, 0) is 0 Å². The number of halogens is 1. The molecule has 0 fully saturated rings. The van der Waals surface area contributed by atoms with Crippen LogP contribution in [0.5, 0.6) is 0 Å². The maximum Gasteiger partial charge on any atom is 0.315 e. The van der Waals surface area contributed by atoms with E-state index in [-0.39, 0.29) is 0 Å². The molecule has 0 radical (unpaired) electrons. The third-order valence-electron chi connectivity index (χ3n) is 0.531. The molecule has 1 aromatic heterocycles. The number of aromatic amines is 1. The van der Waals surface area contributed by atoms with Gasteiger partial charge in [-0.2, -0.15) is 9.55 Å². The van der Waals surface area contributed by atoms with Crippen molar-refractivity contribution in [3.05, 3.63) is 22.4 Å².